The first kappa shape index (κ1) is 25.4. The molecule has 0 aromatic heterocycles. The minimum Gasteiger partial charge on any atom is -0.459 e. The predicted octanol–water partition coefficient (Wildman–Crippen LogP) is 3.67. The first-order valence-electron chi connectivity index (χ1n) is 10.3. The number of fused-ring (bicyclic) bond motifs is 14. The molecule has 8 nitrogen and oxygen atoms in total. The van der Waals surface area contributed by atoms with Gasteiger partial charge in [0.25, 0.3) is 0 Å². The average Bonchev–Trinajstić information content (AvgIpc) is 3.50. The zero-order valence-electron chi connectivity index (χ0n) is 17.9. The molecular formula is C22H20O8S4. The number of ketones is 2. The van der Waals surface area contributed by atoms with Gasteiger partial charge in [0.15, 0.2) is 11.6 Å². The van der Waals surface area contributed by atoms with Crippen molar-refractivity contribution in [2.24, 2.45) is 0 Å². The zero-order valence-corrected chi connectivity index (χ0v) is 21.1. The number of carbonyl (C=O) groups is 4. The maximum Gasteiger partial charge on any atom is 0.345 e. The second kappa shape index (κ2) is 12.3. The Hall–Kier alpha value is -1.70. The second-order valence-electron chi connectivity index (χ2n) is 7.04. The number of allylic oxidation sites excluding steroid dienone is 2. The highest BCUT2D eigenvalue weighted by atomic mass is 32.2. The SMILES string of the molecule is O=C1C=C2CCOCCOC(=O)C3=CS/C(=C4\SC=C(S4)C(=O)OCCOCCC1=CC2=O)S3. The topological polar surface area (TPSA) is 105 Å². The lowest BCUT2D eigenvalue weighted by molar-refractivity contribution is -0.140. The van der Waals surface area contributed by atoms with Crippen LogP contribution in [0.2, 0.25) is 0 Å². The van der Waals surface area contributed by atoms with E-state index < -0.39 is 11.9 Å². The van der Waals surface area contributed by atoms with Gasteiger partial charge in [0.05, 0.1) is 34.9 Å². The van der Waals surface area contributed by atoms with Gasteiger partial charge in [0, 0.05) is 11.1 Å². The summed E-state index contributed by atoms with van der Waals surface area (Å²) in [7, 11) is 0. The van der Waals surface area contributed by atoms with Crippen LogP contribution in [0.5, 0.6) is 0 Å². The molecule has 0 saturated heterocycles. The summed E-state index contributed by atoms with van der Waals surface area (Å²) in [5, 5.41) is 3.46. The van der Waals surface area contributed by atoms with Crippen LogP contribution < -0.4 is 0 Å². The summed E-state index contributed by atoms with van der Waals surface area (Å²) >= 11 is 5.44. The molecule has 0 fully saturated rings. The molecule has 0 radical (unpaired) electrons. The summed E-state index contributed by atoms with van der Waals surface area (Å²) in [6, 6.07) is 0. The molecular weight excluding hydrogens is 521 g/mol. The summed E-state index contributed by atoms with van der Waals surface area (Å²) < 4.78 is 23.3. The molecule has 0 N–H and O–H groups in total. The molecule has 0 unspecified atom stereocenters. The van der Waals surface area contributed by atoms with Crippen LogP contribution >= 0.6 is 47.0 Å². The molecule has 0 atom stereocenters. The van der Waals surface area contributed by atoms with Crippen molar-refractivity contribution in [3.63, 3.8) is 0 Å². The van der Waals surface area contributed by atoms with Crippen LogP contribution in [0.1, 0.15) is 12.8 Å². The van der Waals surface area contributed by atoms with E-state index in [2.05, 4.69) is 0 Å². The average molecular weight is 541 g/mol. The Kier molecular flexibility index (Phi) is 9.20. The van der Waals surface area contributed by atoms with Crippen LogP contribution in [0.15, 0.2) is 52.4 Å². The largest absolute Gasteiger partial charge is 0.459 e. The van der Waals surface area contributed by atoms with E-state index in [9.17, 15) is 19.2 Å². The number of rotatable bonds is 0. The Morgan fingerprint density at radius 2 is 1.03 bits per heavy atom. The minimum atomic E-state index is -0.444. The van der Waals surface area contributed by atoms with E-state index in [0.717, 1.165) is 8.47 Å². The molecule has 0 saturated carbocycles. The standard InChI is InChI=1S/C22H20O8S4/c23-15-10-14-2-4-28-6-8-30-20(26)18-12-32-22(34-18)21-31-11-17(33-21)19(25)29-7-5-27-3-1-13(15)9-16(14)24/h9-12H,1-8H2/b22-21-. The molecule has 180 valence electrons. The predicted molar refractivity (Wildman–Crippen MR) is 133 cm³/mol. The Balaban J connectivity index is 1.37. The van der Waals surface area contributed by atoms with E-state index in [4.69, 9.17) is 18.9 Å². The van der Waals surface area contributed by atoms with Gasteiger partial charge in [0.1, 0.15) is 23.0 Å². The molecule has 5 rings (SSSR count). The van der Waals surface area contributed by atoms with E-state index in [1.807, 2.05) is 0 Å². The van der Waals surface area contributed by atoms with Crippen LogP contribution in [0, 0.1) is 0 Å². The number of carbonyl (C=O) groups excluding carboxylic acids is 4. The maximum absolute atomic E-state index is 12.3. The molecule has 0 amide bonds. The molecule has 0 aromatic carbocycles. The molecule has 5 aliphatic rings. The van der Waals surface area contributed by atoms with Gasteiger partial charge in [-0.1, -0.05) is 47.0 Å². The zero-order chi connectivity index (χ0) is 23.9. The van der Waals surface area contributed by atoms with Gasteiger partial charge in [-0.05, 0) is 35.8 Å². The van der Waals surface area contributed by atoms with Crippen LogP contribution in [-0.4, -0.2) is 63.1 Å². The van der Waals surface area contributed by atoms with Crippen molar-refractivity contribution in [3.8, 4) is 0 Å². The molecule has 0 spiro atoms. The normalized spacial score (nSPS) is 25.6. The van der Waals surface area contributed by atoms with Crippen LogP contribution in [-0.2, 0) is 38.1 Å². The van der Waals surface area contributed by atoms with Gasteiger partial charge in [-0.3, -0.25) is 9.59 Å². The van der Waals surface area contributed by atoms with E-state index in [1.54, 1.807) is 10.8 Å². The Bertz CT molecular complexity index is 971. The summed E-state index contributed by atoms with van der Waals surface area (Å²) in [6.45, 7) is 0.982. The molecule has 12 heteroatoms. The second-order valence-corrected chi connectivity index (χ2v) is 11.4. The Morgan fingerprint density at radius 1 is 0.588 bits per heavy atom. The van der Waals surface area contributed by atoms with Crippen molar-refractivity contribution in [3.05, 3.63) is 52.4 Å². The van der Waals surface area contributed by atoms with Crippen molar-refractivity contribution in [1.29, 1.82) is 0 Å². The number of hydrogen-bond acceptors (Lipinski definition) is 12. The summed E-state index contributed by atoms with van der Waals surface area (Å²) in [5.74, 6) is -1.33. The molecule has 34 heavy (non-hydrogen) atoms. The van der Waals surface area contributed by atoms with Gasteiger partial charge in [-0.25, -0.2) is 9.59 Å². The van der Waals surface area contributed by atoms with Crippen molar-refractivity contribution in [1.82, 2.24) is 0 Å². The van der Waals surface area contributed by atoms with Gasteiger partial charge in [0.2, 0.25) is 0 Å². The highest BCUT2D eigenvalue weighted by molar-refractivity contribution is 8.34. The third-order valence-electron chi connectivity index (χ3n) is 4.72. The lowest BCUT2D eigenvalue weighted by Gasteiger charge is -2.13. The Morgan fingerprint density at radius 3 is 1.47 bits per heavy atom. The van der Waals surface area contributed by atoms with Gasteiger partial charge >= 0.3 is 11.9 Å². The third-order valence-corrected chi connectivity index (χ3v) is 9.94. The monoisotopic (exact) mass is 540 g/mol. The molecule has 6 bridgehead atoms. The van der Waals surface area contributed by atoms with Crippen molar-refractivity contribution < 1.29 is 38.1 Å². The maximum atomic E-state index is 12.3. The summed E-state index contributed by atoms with van der Waals surface area (Å²) in [5.41, 5.74) is 0.774. The molecule has 4 aliphatic heterocycles. The first-order chi connectivity index (χ1) is 16.5. The molecule has 1 aliphatic carbocycles. The highest BCUT2D eigenvalue weighted by Crippen LogP contribution is 2.55. The molecule has 0 aromatic rings. The van der Waals surface area contributed by atoms with Gasteiger partial charge in [-0.2, -0.15) is 0 Å². The lowest BCUT2D eigenvalue weighted by atomic mass is 9.94. The third kappa shape index (κ3) is 6.70. The Labute approximate surface area is 213 Å². The van der Waals surface area contributed by atoms with Crippen molar-refractivity contribution in [2.45, 2.75) is 12.8 Å². The van der Waals surface area contributed by atoms with E-state index >= 15 is 0 Å². The first-order valence-corrected chi connectivity index (χ1v) is 13.7. The molecule has 4 heterocycles. The summed E-state index contributed by atoms with van der Waals surface area (Å²) in [6.07, 6.45) is 3.27. The van der Waals surface area contributed by atoms with Gasteiger partial charge < -0.3 is 18.9 Å². The van der Waals surface area contributed by atoms with Gasteiger partial charge in [-0.15, -0.1) is 0 Å². The highest BCUT2D eigenvalue weighted by Gasteiger charge is 2.28. The van der Waals surface area contributed by atoms with Crippen LogP contribution in [0.4, 0.5) is 0 Å². The smallest absolute Gasteiger partial charge is 0.345 e. The number of esters is 2. The van der Waals surface area contributed by atoms with Crippen LogP contribution in [0.3, 0.4) is 0 Å². The number of thioether (sulfide) groups is 4. The van der Waals surface area contributed by atoms with E-state index in [0.29, 0.717) is 33.8 Å². The van der Waals surface area contributed by atoms with Crippen LogP contribution in [0.25, 0.3) is 0 Å². The quantitative estimate of drug-likeness (QED) is 0.331. The van der Waals surface area contributed by atoms with E-state index in [1.165, 1.54) is 59.2 Å². The van der Waals surface area contributed by atoms with E-state index in [-0.39, 0.29) is 51.2 Å². The van der Waals surface area contributed by atoms with Crippen molar-refractivity contribution in [2.75, 3.05) is 39.6 Å². The summed E-state index contributed by atoms with van der Waals surface area (Å²) in [4.78, 5) is 50.2. The fourth-order valence-electron chi connectivity index (χ4n) is 3.00. The minimum absolute atomic E-state index is 0.0737. The fraction of sp³-hybridized carbons (Fsp3) is 0.364. The number of ether oxygens (including phenoxy) is 4. The lowest BCUT2D eigenvalue weighted by Crippen LogP contribution is -2.17. The van der Waals surface area contributed by atoms with Crippen molar-refractivity contribution >= 4 is 70.6 Å². The fourth-order valence-corrected chi connectivity index (χ4v) is 7.63. The number of hydrogen-bond donors (Lipinski definition) is 0.